The molecule has 0 amide bonds. The van der Waals surface area contributed by atoms with Gasteiger partial charge in [-0.3, -0.25) is 0 Å². The number of rotatable bonds is 4. The lowest BCUT2D eigenvalue weighted by atomic mass is 9.45. The molecule has 0 spiro atoms. The van der Waals surface area contributed by atoms with E-state index in [0.29, 0.717) is 17.8 Å². The van der Waals surface area contributed by atoms with Gasteiger partial charge >= 0.3 is 0 Å². The van der Waals surface area contributed by atoms with E-state index in [1.807, 2.05) is 13.8 Å². The largest absolute Gasteiger partial charge is 0.390 e. The van der Waals surface area contributed by atoms with Crippen molar-refractivity contribution in [1.29, 1.82) is 0 Å². The van der Waals surface area contributed by atoms with Crippen molar-refractivity contribution in [3.8, 4) is 0 Å². The van der Waals surface area contributed by atoms with Gasteiger partial charge in [-0.25, -0.2) is 0 Å². The summed E-state index contributed by atoms with van der Waals surface area (Å²) in [5.41, 5.74) is -0.900. The molecule has 0 aromatic carbocycles. The van der Waals surface area contributed by atoms with E-state index in [1.165, 1.54) is 19.3 Å². The van der Waals surface area contributed by atoms with Crippen molar-refractivity contribution in [1.82, 2.24) is 0 Å². The van der Waals surface area contributed by atoms with Gasteiger partial charge in [-0.15, -0.1) is 6.58 Å². The molecule has 0 aromatic rings. The average molecular weight is 309 g/mol. The minimum absolute atomic E-state index is 0.181. The van der Waals surface area contributed by atoms with Crippen LogP contribution in [0, 0.1) is 22.7 Å². The second-order valence-corrected chi connectivity index (χ2v) is 9.45. The standard InChI is InChI=1S/C20H36O2/c1-7-18(4,21)13-9-16-19(5)12-8-11-17(2,3)15(19)10-14-20(16,6)22/h7,15-16,21-22H,1,8-14H2,2-6H3/t15-,16-,18-,19-,20-/m1/s1. The summed E-state index contributed by atoms with van der Waals surface area (Å²) in [4.78, 5) is 0. The van der Waals surface area contributed by atoms with Crippen LogP contribution < -0.4 is 0 Å². The maximum absolute atomic E-state index is 11.1. The van der Waals surface area contributed by atoms with E-state index < -0.39 is 11.2 Å². The van der Waals surface area contributed by atoms with Crippen LogP contribution in [0.2, 0.25) is 0 Å². The highest BCUT2D eigenvalue weighted by molar-refractivity contribution is 5.08. The minimum Gasteiger partial charge on any atom is -0.390 e. The first-order chi connectivity index (χ1) is 9.95. The van der Waals surface area contributed by atoms with Gasteiger partial charge in [0.1, 0.15) is 0 Å². The monoisotopic (exact) mass is 308 g/mol. The smallest absolute Gasteiger partial charge is 0.0797 e. The zero-order valence-electron chi connectivity index (χ0n) is 15.3. The molecular weight excluding hydrogens is 272 g/mol. The highest BCUT2D eigenvalue weighted by Crippen LogP contribution is 2.63. The van der Waals surface area contributed by atoms with E-state index in [9.17, 15) is 10.2 Å². The maximum Gasteiger partial charge on any atom is 0.0797 e. The Hall–Kier alpha value is -0.340. The fraction of sp³-hybridized carbons (Fsp3) is 0.900. The van der Waals surface area contributed by atoms with Gasteiger partial charge in [-0.1, -0.05) is 33.3 Å². The van der Waals surface area contributed by atoms with Crippen molar-refractivity contribution in [3.63, 3.8) is 0 Å². The van der Waals surface area contributed by atoms with Crippen LogP contribution in [0.15, 0.2) is 12.7 Å². The van der Waals surface area contributed by atoms with Crippen LogP contribution >= 0.6 is 0 Å². The second kappa shape index (κ2) is 5.63. The van der Waals surface area contributed by atoms with Gasteiger partial charge in [0.25, 0.3) is 0 Å². The van der Waals surface area contributed by atoms with Crippen LogP contribution in [0.4, 0.5) is 0 Å². The Bertz CT molecular complexity index is 421. The molecule has 0 aromatic heterocycles. The number of fused-ring (bicyclic) bond motifs is 1. The molecule has 2 heteroatoms. The molecule has 2 aliphatic rings. The Kier molecular flexibility index (Phi) is 4.61. The highest BCUT2D eigenvalue weighted by atomic mass is 16.3. The Balaban J connectivity index is 2.28. The predicted molar refractivity (Wildman–Crippen MR) is 92.6 cm³/mol. The lowest BCUT2D eigenvalue weighted by Crippen LogP contribution is -2.57. The molecule has 2 saturated carbocycles. The Morgan fingerprint density at radius 1 is 1.18 bits per heavy atom. The van der Waals surface area contributed by atoms with Crippen molar-refractivity contribution in [2.24, 2.45) is 22.7 Å². The van der Waals surface area contributed by atoms with Crippen molar-refractivity contribution in [2.75, 3.05) is 0 Å². The Morgan fingerprint density at radius 3 is 2.41 bits per heavy atom. The molecule has 0 aliphatic heterocycles. The molecule has 2 rings (SSSR count). The van der Waals surface area contributed by atoms with Crippen LogP contribution in [0.25, 0.3) is 0 Å². The quantitative estimate of drug-likeness (QED) is 0.739. The summed E-state index contributed by atoms with van der Waals surface area (Å²) in [6, 6.07) is 0. The molecule has 0 heterocycles. The summed E-state index contributed by atoms with van der Waals surface area (Å²) in [6.07, 6.45) is 8.96. The number of hydrogen-bond donors (Lipinski definition) is 2. The molecule has 2 nitrogen and oxygen atoms in total. The van der Waals surface area contributed by atoms with Gasteiger partial charge in [-0.2, -0.15) is 0 Å². The molecule has 0 bridgehead atoms. The van der Waals surface area contributed by atoms with E-state index in [1.54, 1.807) is 6.08 Å². The third-order valence-corrected chi connectivity index (χ3v) is 7.14. The van der Waals surface area contributed by atoms with E-state index in [-0.39, 0.29) is 11.3 Å². The molecule has 0 radical (unpaired) electrons. The Morgan fingerprint density at radius 2 is 1.82 bits per heavy atom. The zero-order chi connectivity index (χ0) is 16.8. The van der Waals surface area contributed by atoms with E-state index in [0.717, 1.165) is 19.3 Å². The van der Waals surface area contributed by atoms with Crippen LogP contribution in [-0.2, 0) is 0 Å². The molecular formula is C20H36O2. The normalized spacial score (nSPS) is 44.0. The lowest BCUT2D eigenvalue weighted by Gasteiger charge is -2.61. The summed E-state index contributed by atoms with van der Waals surface area (Å²) in [5, 5.41) is 21.4. The predicted octanol–water partition coefficient (Wildman–Crippen LogP) is 4.70. The molecule has 0 unspecified atom stereocenters. The lowest BCUT2D eigenvalue weighted by molar-refractivity contribution is -0.171. The number of hydrogen-bond acceptors (Lipinski definition) is 2. The summed E-state index contributed by atoms with van der Waals surface area (Å²) in [7, 11) is 0. The zero-order valence-corrected chi connectivity index (χ0v) is 15.3. The fourth-order valence-corrected chi connectivity index (χ4v) is 5.80. The van der Waals surface area contributed by atoms with Crippen LogP contribution in [0.3, 0.4) is 0 Å². The second-order valence-electron chi connectivity index (χ2n) is 9.45. The molecule has 5 atom stereocenters. The molecule has 0 saturated heterocycles. The van der Waals surface area contributed by atoms with Crippen molar-refractivity contribution >= 4 is 0 Å². The van der Waals surface area contributed by atoms with Crippen LogP contribution in [-0.4, -0.2) is 21.4 Å². The summed E-state index contributed by atoms with van der Waals surface area (Å²) >= 11 is 0. The first-order valence-corrected chi connectivity index (χ1v) is 9.03. The van der Waals surface area contributed by atoms with E-state index in [2.05, 4.69) is 27.4 Å². The third-order valence-electron chi connectivity index (χ3n) is 7.14. The summed E-state index contributed by atoms with van der Waals surface area (Å²) < 4.78 is 0. The van der Waals surface area contributed by atoms with Crippen LogP contribution in [0.1, 0.15) is 79.6 Å². The number of aliphatic hydroxyl groups is 2. The fourth-order valence-electron chi connectivity index (χ4n) is 5.80. The molecule has 2 fully saturated rings. The van der Waals surface area contributed by atoms with Crippen LogP contribution in [0.5, 0.6) is 0 Å². The first-order valence-electron chi connectivity index (χ1n) is 9.03. The van der Waals surface area contributed by atoms with Gasteiger partial charge in [0, 0.05) is 0 Å². The van der Waals surface area contributed by atoms with Crippen molar-refractivity contribution in [2.45, 2.75) is 90.8 Å². The van der Waals surface area contributed by atoms with Gasteiger partial charge in [0.05, 0.1) is 11.2 Å². The SMILES string of the molecule is C=C[C@@](C)(O)CC[C@@H]1[C@]2(C)CCCC(C)(C)[C@H]2CC[C@@]1(C)O. The molecule has 22 heavy (non-hydrogen) atoms. The van der Waals surface area contributed by atoms with Gasteiger partial charge in [-0.05, 0) is 75.0 Å². The third kappa shape index (κ3) is 3.14. The van der Waals surface area contributed by atoms with E-state index in [4.69, 9.17) is 0 Å². The van der Waals surface area contributed by atoms with E-state index >= 15 is 0 Å². The molecule has 2 aliphatic carbocycles. The highest BCUT2D eigenvalue weighted by Gasteiger charge is 2.57. The molecule has 2 N–H and O–H groups in total. The van der Waals surface area contributed by atoms with Crippen molar-refractivity contribution in [3.05, 3.63) is 12.7 Å². The van der Waals surface area contributed by atoms with Gasteiger partial charge in [0.2, 0.25) is 0 Å². The van der Waals surface area contributed by atoms with Crippen molar-refractivity contribution < 1.29 is 10.2 Å². The average Bonchev–Trinajstić information content (AvgIpc) is 2.35. The first kappa shape index (κ1) is 18.0. The Labute approximate surface area is 137 Å². The van der Waals surface area contributed by atoms with Gasteiger partial charge in [0.15, 0.2) is 0 Å². The maximum atomic E-state index is 11.1. The summed E-state index contributed by atoms with van der Waals surface area (Å²) in [5.74, 6) is 0.928. The topological polar surface area (TPSA) is 40.5 Å². The summed E-state index contributed by atoms with van der Waals surface area (Å²) in [6.45, 7) is 14.8. The minimum atomic E-state index is -0.830. The van der Waals surface area contributed by atoms with Gasteiger partial charge < -0.3 is 10.2 Å². The molecule has 128 valence electrons.